The SMILES string of the molecule is CN1CCNC(=O)CCCS(=O)(=O)NC(=O)c2ccc3c(C4CCCCC4)c4n(c3c2)CC1COc1ccccc1-4. The molecule has 2 aliphatic heterocycles. The summed E-state index contributed by atoms with van der Waals surface area (Å²) in [4.78, 5) is 27.8. The molecule has 0 saturated heterocycles. The lowest BCUT2D eigenvalue weighted by Gasteiger charge is -2.32. The molecule has 1 fully saturated rings. The van der Waals surface area contributed by atoms with E-state index in [1.54, 1.807) is 6.07 Å². The van der Waals surface area contributed by atoms with E-state index in [9.17, 15) is 18.0 Å². The molecule has 1 unspecified atom stereocenters. The molecule has 4 bridgehead atoms. The number of fused-ring (bicyclic) bond motifs is 4. The average molecular weight is 579 g/mol. The lowest BCUT2D eigenvalue weighted by atomic mass is 9.81. The molecule has 0 spiro atoms. The quantitative estimate of drug-likeness (QED) is 0.452. The monoisotopic (exact) mass is 578 g/mol. The van der Waals surface area contributed by atoms with Crippen LogP contribution >= 0.6 is 0 Å². The average Bonchev–Trinajstić information content (AvgIpc) is 3.26. The van der Waals surface area contributed by atoms with E-state index in [0.717, 1.165) is 40.8 Å². The highest BCUT2D eigenvalue weighted by Gasteiger charge is 2.32. The van der Waals surface area contributed by atoms with Crippen LogP contribution in [0.4, 0.5) is 0 Å². The van der Waals surface area contributed by atoms with E-state index in [1.807, 2.05) is 37.4 Å². The summed E-state index contributed by atoms with van der Waals surface area (Å²) < 4.78 is 36.4. The molecule has 41 heavy (non-hydrogen) atoms. The number of rotatable bonds is 1. The Balaban J connectivity index is 1.55. The number of hydrogen-bond donors (Lipinski definition) is 2. The maximum absolute atomic E-state index is 13.2. The molecule has 1 aliphatic carbocycles. The molecule has 6 rings (SSSR count). The lowest BCUT2D eigenvalue weighted by molar-refractivity contribution is -0.121. The number of benzene rings is 2. The number of sulfonamides is 1. The number of hydrogen-bond acceptors (Lipinski definition) is 6. The van der Waals surface area contributed by atoms with E-state index in [4.69, 9.17) is 4.74 Å². The van der Waals surface area contributed by atoms with Crippen molar-refractivity contribution in [2.24, 2.45) is 0 Å². The van der Waals surface area contributed by atoms with Crippen LogP contribution in [0, 0.1) is 0 Å². The Hall–Kier alpha value is -3.37. The van der Waals surface area contributed by atoms with Gasteiger partial charge in [-0.2, -0.15) is 0 Å². The van der Waals surface area contributed by atoms with Gasteiger partial charge in [0.1, 0.15) is 12.4 Å². The van der Waals surface area contributed by atoms with Crippen LogP contribution < -0.4 is 14.8 Å². The molecule has 3 aliphatic rings. The summed E-state index contributed by atoms with van der Waals surface area (Å²) in [5.74, 6) is 0.0647. The lowest BCUT2D eigenvalue weighted by Crippen LogP contribution is -2.44. The van der Waals surface area contributed by atoms with Gasteiger partial charge < -0.3 is 14.6 Å². The first kappa shape index (κ1) is 27.8. The van der Waals surface area contributed by atoms with Gasteiger partial charge in [0.15, 0.2) is 0 Å². The van der Waals surface area contributed by atoms with Gasteiger partial charge in [-0.05, 0) is 62.1 Å². The fraction of sp³-hybridized carbons (Fsp3) is 0.484. The number of likely N-dealkylation sites (N-methyl/N-ethyl adjacent to an activating group) is 1. The zero-order valence-electron chi connectivity index (χ0n) is 23.5. The second kappa shape index (κ2) is 11.5. The molecule has 0 radical (unpaired) electrons. The van der Waals surface area contributed by atoms with Crippen molar-refractivity contribution < 1.29 is 22.7 Å². The van der Waals surface area contributed by atoms with Crippen molar-refractivity contribution in [3.63, 3.8) is 0 Å². The molecule has 2 N–H and O–H groups in total. The number of carbonyl (C=O) groups excluding carboxylic acids is 2. The fourth-order valence-corrected chi connectivity index (χ4v) is 7.65. The van der Waals surface area contributed by atoms with E-state index in [2.05, 4.69) is 25.6 Å². The minimum Gasteiger partial charge on any atom is -0.491 e. The van der Waals surface area contributed by atoms with Crippen molar-refractivity contribution in [2.45, 2.75) is 63.5 Å². The Morgan fingerprint density at radius 2 is 1.80 bits per heavy atom. The van der Waals surface area contributed by atoms with E-state index in [1.165, 1.54) is 24.8 Å². The van der Waals surface area contributed by atoms with Crippen LogP contribution in [0.3, 0.4) is 0 Å². The van der Waals surface area contributed by atoms with Crippen molar-refractivity contribution in [3.8, 4) is 17.0 Å². The Morgan fingerprint density at radius 3 is 2.63 bits per heavy atom. The first-order chi connectivity index (χ1) is 19.8. The molecular weight excluding hydrogens is 540 g/mol. The minimum atomic E-state index is -3.89. The molecule has 218 valence electrons. The maximum atomic E-state index is 13.2. The van der Waals surface area contributed by atoms with Crippen LogP contribution in [0.5, 0.6) is 5.75 Å². The van der Waals surface area contributed by atoms with E-state index >= 15 is 0 Å². The Morgan fingerprint density at radius 1 is 1.00 bits per heavy atom. The van der Waals surface area contributed by atoms with Crippen molar-refractivity contribution >= 4 is 32.7 Å². The van der Waals surface area contributed by atoms with Gasteiger partial charge in [0.25, 0.3) is 5.91 Å². The molecule has 2 aromatic carbocycles. The smallest absolute Gasteiger partial charge is 0.264 e. The summed E-state index contributed by atoms with van der Waals surface area (Å²) in [6, 6.07) is 13.7. The van der Waals surface area contributed by atoms with Gasteiger partial charge in [-0.15, -0.1) is 0 Å². The number of ether oxygens (including phenoxy) is 1. The van der Waals surface area contributed by atoms with Crippen LogP contribution in [0.15, 0.2) is 42.5 Å². The zero-order valence-corrected chi connectivity index (χ0v) is 24.3. The summed E-state index contributed by atoms with van der Waals surface area (Å²) in [6.45, 7) is 2.16. The molecule has 2 amide bonds. The molecule has 1 saturated carbocycles. The Kier molecular flexibility index (Phi) is 7.78. The summed E-state index contributed by atoms with van der Waals surface area (Å²) in [7, 11) is -1.85. The van der Waals surface area contributed by atoms with E-state index in [-0.39, 0.29) is 30.5 Å². The second-order valence-electron chi connectivity index (χ2n) is 11.6. The number of nitrogens with zero attached hydrogens (tertiary/aromatic N) is 2. The molecule has 1 aromatic heterocycles. The highest BCUT2D eigenvalue weighted by molar-refractivity contribution is 7.90. The molecular formula is C31H38N4O5S. The van der Waals surface area contributed by atoms with Crippen LogP contribution in [0.1, 0.15) is 66.8 Å². The summed E-state index contributed by atoms with van der Waals surface area (Å²) in [6.07, 6.45) is 6.04. The topological polar surface area (TPSA) is 110 Å². The predicted molar refractivity (Wildman–Crippen MR) is 159 cm³/mol. The first-order valence-electron chi connectivity index (χ1n) is 14.7. The standard InChI is InChI=1S/C31H38N4O5S/c1-34-16-15-32-28(36)12-7-17-41(38,39)33-31(37)22-13-14-24-26(18-22)35-19-23(34)20-40-27-11-6-5-10-25(27)30(35)29(24)21-8-3-2-4-9-21/h5-6,10-11,13-14,18,21,23H,2-4,7-9,12,15-17,19-20H2,1H3,(H,32,36)(H,33,37). The summed E-state index contributed by atoms with van der Waals surface area (Å²) in [5.41, 5.74) is 4.68. The highest BCUT2D eigenvalue weighted by atomic mass is 32.2. The normalized spacial score (nSPS) is 22.7. The van der Waals surface area contributed by atoms with E-state index < -0.39 is 15.9 Å². The number of para-hydroxylation sites is 1. The van der Waals surface area contributed by atoms with Gasteiger partial charge in [-0.25, -0.2) is 13.1 Å². The zero-order chi connectivity index (χ0) is 28.6. The number of nitrogens with one attached hydrogen (secondary N) is 2. The third-order valence-electron chi connectivity index (χ3n) is 8.82. The molecule has 10 heteroatoms. The molecule has 9 nitrogen and oxygen atoms in total. The predicted octanol–water partition coefficient (Wildman–Crippen LogP) is 4.02. The molecule has 1 atom stereocenters. The largest absolute Gasteiger partial charge is 0.491 e. The maximum Gasteiger partial charge on any atom is 0.264 e. The first-order valence-corrected chi connectivity index (χ1v) is 16.4. The third kappa shape index (κ3) is 5.72. The van der Waals surface area contributed by atoms with Crippen molar-refractivity contribution in [3.05, 3.63) is 53.6 Å². The fourth-order valence-electron chi connectivity index (χ4n) is 6.62. The van der Waals surface area contributed by atoms with Gasteiger partial charge in [-0.3, -0.25) is 14.5 Å². The van der Waals surface area contributed by atoms with Gasteiger partial charge in [0, 0.05) is 48.1 Å². The van der Waals surface area contributed by atoms with Crippen LogP contribution in [-0.2, 0) is 21.4 Å². The van der Waals surface area contributed by atoms with Crippen LogP contribution in [0.25, 0.3) is 22.2 Å². The number of carbonyl (C=O) groups is 2. The van der Waals surface area contributed by atoms with Crippen molar-refractivity contribution in [1.29, 1.82) is 0 Å². The summed E-state index contributed by atoms with van der Waals surface area (Å²) >= 11 is 0. The third-order valence-corrected chi connectivity index (χ3v) is 10.1. The Bertz CT molecular complexity index is 1570. The number of amides is 2. The molecule has 3 aromatic rings. The van der Waals surface area contributed by atoms with Crippen LogP contribution in [-0.4, -0.2) is 68.2 Å². The molecule has 3 heterocycles. The van der Waals surface area contributed by atoms with Crippen molar-refractivity contribution in [1.82, 2.24) is 19.5 Å². The minimum absolute atomic E-state index is 0.00218. The number of aromatic nitrogens is 1. The van der Waals surface area contributed by atoms with Gasteiger partial charge in [0.2, 0.25) is 15.9 Å². The Labute approximate surface area is 241 Å². The van der Waals surface area contributed by atoms with Gasteiger partial charge >= 0.3 is 0 Å². The van der Waals surface area contributed by atoms with Gasteiger partial charge in [-0.1, -0.05) is 37.5 Å². The second-order valence-corrected chi connectivity index (χ2v) is 13.4. The van der Waals surface area contributed by atoms with Crippen molar-refractivity contribution in [2.75, 3.05) is 32.5 Å². The van der Waals surface area contributed by atoms with Crippen LogP contribution in [0.2, 0.25) is 0 Å². The van der Waals surface area contributed by atoms with Gasteiger partial charge in [0.05, 0.1) is 17.5 Å². The summed E-state index contributed by atoms with van der Waals surface area (Å²) in [5, 5.41) is 4.01. The van der Waals surface area contributed by atoms with E-state index in [0.29, 0.717) is 37.7 Å². The highest BCUT2D eigenvalue weighted by Crippen LogP contribution is 2.47.